The summed E-state index contributed by atoms with van der Waals surface area (Å²) in [5.74, 6) is -0.336. The van der Waals surface area contributed by atoms with Crippen LogP contribution in [0.5, 0.6) is 0 Å². The zero-order chi connectivity index (χ0) is 12.1. The molecule has 1 aliphatic rings. The molecule has 0 radical (unpaired) electrons. The number of rotatable bonds is 7. The summed E-state index contributed by atoms with van der Waals surface area (Å²) in [4.78, 5) is 12.9. The number of likely N-dealkylation sites (tertiary alicyclic amines) is 1. The minimum absolute atomic E-state index is 0.0574. The van der Waals surface area contributed by atoms with Crippen LogP contribution in [-0.2, 0) is 9.53 Å². The van der Waals surface area contributed by atoms with E-state index in [0.717, 1.165) is 26.1 Å². The van der Waals surface area contributed by atoms with Crippen molar-refractivity contribution in [2.45, 2.75) is 32.0 Å². The predicted octanol–water partition coefficient (Wildman–Crippen LogP) is -0.420. The Labute approximate surface area is 96.6 Å². The number of ether oxygens (including phenoxy) is 1. The van der Waals surface area contributed by atoms with Gasteiger partial charge in [0.05, 0.1) is 18.6 Å². The van der Waals surface area contributed by atoms with Crippen LogP contribution in [-0.4, -0.2) is 54.9 Å². The molecule has 1 fully saturated rings. The first-order chi connectivity index (χ1) is 7.52. The maximum absolute atomic E-state index is 10.6. The Kier molecular flexibility index (Phi) is 5.18. The third-order valence-corrected chi connectivity index (χ3v) is 3.22. The summed E-state index contributed by atoms with van der Waals surface area (Å²) >= 11 is 0. The van der Waals surface area contributed by atoms with Crippen molar-refractivity contribution in [2.75, 3.05) is 26.7 Å². The van der Waals surface area contributed by atoms with Crippen molar-refractivity contribution in [2.24, 2.45) is 11.7 Å². The van der Waals surface area contributed by atoms with Gasteiger partial charge in [-0.15, -0.1) is 0 Å². The lowest BCUT2D eigenvalue weighted by atomic mass is 9.97. The second kappa shape index (κ2) is 6.18. The van der Waals surface area contributed by atoms with Crippen LogP contribution in [0.25, 0.3) is 0 Å². The highest BCUT2D eigenvalue weighted by atomic mass is 16.5. The van der Waals surface area contributed by atoms with Gasteiger partial charge in [-0.2, -0.15) is 0 Å². The normalized spacial score (nSPS) is 21.4. The largest absolute Gasteiger partial charge is 0.392 e. The Hall–Kier alpha value is -0.650. The molecule has 1 rings (SSSR count). The van der Waals surface area contributed by atoms with Gasteiger partial charge in [0.15, 0.2) is 0 Å². The smallest absolute Gasteiger partial charge is 0.220 e. The fourth-order valence-electron chi connectivity index (χ4n) is 1.84. The van der Waals surface area contributed by atoms with E-state index in [0.29, 0.717) is 6.10 Å². The standard InChI is InChI=1S/C11H22N2O3/c1-8(10(14)5-11(12)15)3-4-13-6-9(7-13)16-2/h8-10,14H,3-7H2,1-2H3,(H2,12,15)/t8-,10+/m1/s1. The molecule has 1 aliphatic heterocycles. The molecule has 2 atom stereocenters. The lowest BCUT2D eigenvalue weighted by Gasteiger charge is -2.38. The maximum Gasteiger partial charge on any atom is 0.220 e. The van der Waals surface area contributed by atoms with Gasteiger partial charge in [-0.05, 0) is 18.9 Å². The van der Waals surface area contributed by atoms with Crippen molar-refractivity contribution in [1.29, 1.82) is 0 Å². The predicted molar refractivity (Wildman–Crippen MR) is 60.8 cm³/mol. The van der Waals surface area contributed by atoms with Gasteiger partial charge in [-0.3, -0.25) is 9.69 Å². The van der Waals surface area contributed by atoms with Crippen LogP contribution in [0.1, 0.15) is 19.8 Å². The van der Waals surface area contributed by atoms with Gasteiger partial charge in [0.2, 0.25) is 5.91 Å². The van der Waals surface area contributed by atoms with Crippen LogP contribution < -0.4 is 5.73 Å². The lowest BCUT2D eigenvalue weighted by Crippen LogP contribution is -2.52. The van der Waals surface area contributed by atoms with Crippen molar-refractivity contribution < 1.29 is 14.6 Å². The number of methoxy groups -OCH3 is 1. The first-order valence-electron chi connectivity index (χ1n) is 5.74. The van der Waals surface area contributed by atoms with Crippen LogP contribution in [0.15, 0.2) is 0 Å². The van der Waals surface area contributed by atoms with E-state index in [1.54, 1.807) is 7.11 Å². The average Bonchev–Trinajstić information content (AvgIpc) is 2.14. The molecule has 0 bridgehead atoms. The van der Waals surface area contributed by atoms with E-state index in [2.05, 4.69) is 4.90 Å². The number of hydrogen-bond donors (Lipinski definition) is 2. The number of carbonyl (C=O) groups is 1. The number of nitrogens with zero attached hydrogens (tertiary/aromatic N) is 1. The highest BCUT2D eigenvalue weighted by Gasteiger charge is 2.27. The van der Waals surface area contributed by atoms with Gasteiger partial charge < -0.3 is 15.6 Å². The fraction of sp³-hybridized carbons (Fsp3) is 0.909. The van der Waals surface area contributed by atoms with Crippen LogP contribution in [0.3, 0.4) is 0 Å². The number of hydrogen-bond acceptors (Lipinski definition) is 4. The lowest BCUT2D eigenvalue weighted by molar-refractivity contribution is -0.120. The van der Waals surface area contributed by atoms with Crippen LogP contribution in [0, 0.1) is 5.92 Å². The Bertz CT molecular complexity index is 229. The molecule has 0 aromatic carbocycles. The minimum atomic E-state index is -0.614. The maximum atomic E-state index is 10.6. The second-order valence-corrected chi connectivity index (χ2v) is 4.62. The van der Waals surface area contributed by atoms with E-state index in [-0.39, 0.29) is 12.3 Å². The van der Waals surface area contributed by atoms with Gasteiger partial charge in [0.1, 0.15) is 0 Å². The molecule has 0 aliphatic carbocycles. The van der Waals surface area contributed by atoms with Crippen molar-refractivity contribution in [3.63, 3.8) is 0 Å². The van der Waals surface area contributed by atoms with E-state index in [4.69, 9.17) is 10.5 Å². The second-order valence-electron chi connectivity index (χ2n) is 4.62. The third-order valence-electron chi connectivity index (χ3n) is 3.22. The fourth-order valence-corrected chi connectivity index (χ4v) is 1.84. The van der Waals surface area contributed by atoms with Crippen molar-refractivity contribution in [3.8, 4) is 0 Å². The van der Waals surface area contributed by atoms with Gasteiger partial charge in [0, 0.05) is 20.2 Å². The molecule has 1 amide bonds. The first kappa shape index (κ1) is 13.4. The van der Waals surface area contributed by atoms with E-state index < -0.39 is 12.0 Å². The molecule has 0 unspecified atom stereocenters. The SMILES string of the molecule is COC1CN(CC[C@@H](C)[C@@H](O)CC(N)=O)C1. The Balaban J connectivity index is 2.10. The first-order valence-corrected chi connectivity index (χ1v) is 5.74. The summed E-state index contributed by atoms with van der Waals surface area (Å²) in [6.45, 7) is 4.82. The highest BCUT2D eigenvalue weighted by Crippen LogP contribution is 2.16. The number of primary amides is 1. The summed E-state index contributed by atoms with van der Waals surface area (Å²) in [5.41, 5.74) is 5.03. The Morgan fingerprint density at radius 3 is 2.75 bits per heavy atom. The number of amides is 1. The number of aliphatic hydroxyl groups is 1. The number of nitrogens with two attached hydrogens (primary N) is 1. The molecule has 0 spiro atoms. The molecule has 0 saturated carbocycles. The van der Waals surface area contributed by atoms with Crippen molar-refractivity contribution in [3.05, 3.63) is 0 Å². The number of aliphatic hydroxyl groups excluding tert-OH is 1. The Morgan fingerprint density at radius 2 is 2.25 bits per heavy atom. The van der Waals surface area contributed by atoms with Crippen LogP contribution >= 0.6 is 0 Å². The quantitative estimate of drug-likeness (QED) is 0.623. The minimum Gasteiger partial charge on any atom is -0.392 e. The summed E-state index contributed by atoms with van der Waals surface area (Å²) < 4.78 is 5.17. The molecule has 94 valence electrons. The molecule has 1 heterocycles. The zero-order valence-corrected chi connectivity index (χ0v) is 10.1. The van der Waals surface area contributed by atoms with Crippen molar-refractivity contribution in [1.82, 2.24) is 4.90 Å². The van der Waals surface area contributed by atoms with Gasteiger partial charge in [-0.25, -0.2) is 0 Å². The molecule has 16 heavy (non-hydrogen) atoms. The zero-order valence-electron chi connectivity index (χ0n) is 10.1. The third kappa shape index (κ3) is 4.08. The monoisotopic (exact) mass is 230 g/mol. The van der Waals surface area contributed by atoms with Crippen LogP contribution in [0.2, 0.25) is 0 Å². The van der Waals surface area contributed by atoms with Crippen LogP contribution in [0.4, 0.5) is 0 Å². The Morgan fingerprint density at radius 1 is 1.62 bits per heavy atom. The summed E-state index contributed by atoms with van der Waals surface area (Å²) in [5, 5.41) is 9.65. The molecule has 0 aromatic rings. The summed E-state index contributed by atoms with van der Waals surface area (Å²) in [7, 11) is 1.72. The summed E-state index contributed by atoms with van der Waals surface area (Å²) in [6, 6.07) is 0. The highest BCUT2D eigenvalue weighted by molar-refractivity contribution is 5.74. The van der Waals surface area contributed by atoms with E-state index >= 15 is 0 Å². The topological polar surface area (TPSA) is 75.8 Å². The molecule has 0 aromatic heterocycles. The molecule has 1 saturated heterocycles. The molecular weight excluding hydrogens is 208 g/mol. The number of carbonyl (C=O) groups excluding carboxylic acids is 1. The van der Waals surface area contributed by atoms with E-state index in [1.807, 2.05) is 6.92 Å². The van der Waals surface area contributed by atoms with Gasteiger partial charge in [0.25, 0.3) is 0 Å². The van der Waals surface area contributed by atoms with E-state index in [9.17, 15) is 9.90 Å². The molecule has 5 heteroatoms. The molecule has 3 N–H and O–H groups in total. The van der Waals surface area contributed by atoms with E-state index in [1.165, 1.54) is 0 Å². The van der Waals surface area contributed by atoms with Gasteiger partial charge in [-0.1, -0.05) is 6.92 Å². The van der Waals surface area contributed by atoms with Crippen molar-refractivity contribution >= 4 is 5.91 Å². The molecule has 5 nitrogen and oxygen atoms in total. The molecular formula is C11H22N2O3. The summed E-state index contributed by atoms with van der Waals surface area (Å²) in [6.07, 6.45) is 0.690. The average molecular weight is 230 g/mol. The van der Waals surface area contributed by atoms with Gasteiger partial charge >= 0.3 is 0 Å².